The van der Waals surface area contributed by atoms with Gasteiger partial charge in [-0.1, -0.05) is 30.3 Å². The molecule has 6 nitrogen and oxygen atoms in total. The molecule has 0 spiro atoms. The van der Waals surface area contributed by atoms with Crippen molar-refractivity contribution < 1.29 is 9.59 Å². The van der Waals surface area contributed by atoms with Gasteiger partial charge < -0.3 is 4.90 Å². The van der Waals surface area contributed by atoms with E-state index in [4.69, 9.17) is 0 Å². The molecule has 1 N–H and O–H groups in total. The number of aromatic amines is 1. The van der Waals surface area contributed by atoms with Crippen LogP contribution in [-0.2, 0) is 6.54 Å². The first-order valence-electron chi connectivity index (χ1n) is 9.24. The minimum absolute atomic E-state index is 0.0524. The van der Waals surface area contributed by atoms with Gasteiger partial charge in [0.1, 0.15) is 11.4 Å². The van der Waals surface area contributed by atoms with E-state index in [-0.39, 0.29) is 11.7 Å². The van der Waals surface area contributed by atoms with E-state index < -0.39 is 0 Å². The number of amides is 1. The maximum Gasteiger partial charge on any atom is 0.271 e. The Kier molecular flexibility index (Phi) is 4.59. The molecule has 0 saturated carbocycles. The molecule has 0 radical (unpaired) electrons. The van der Waals surface area contributed by atoms with Crippen molar-refractivity contribution in [3.05, 3.63) is 53.3 Å². The van der Waals surface area contributed by atoms with Gasteiger partial charge in [-0.3, -0.25) is 19.6 Å². The van der Waals surface area contributed by atoms with Gasteiger partial charge in [0.2, 0.25) is 0 Å². The van der Waals surface area contributed by atoms with Crippen molar-refractivity contribution in [3.8, 4) is 0 Å². The third-order valence-electron chi connectivity index (χ3n) is 5.51. The number of hydrogen-bond donors (Lipinski definition) is 1. The van der Waals surface area contributed by atoms with Gasteiger partial charge in [0.05, 0.1) is 0 Å². The summed E-state index contributed by atoms with van der Waals surface area (Å²) < 4.78 is 0. The number of benzene rings is 1. The highest BCUT2D eigenvalue weighted by molar-refractivity contribution is 5.97. The number of H-pyrrole nitrogens is 1. The molecule has 6 heteroatoms. The van der Waals surface area contributed by atoms with Crippen molar-refractivity contribution in [3.63, 3.8) is 0 Å². The zero-order chi connectivity index (χ0) is 18.1. The van der Waals surface area contributed by atoms with Crippen LogP contribution in [-0.4, -0.2) is 57.4 Å². The fourth-order valence-electron chi connectivity index (χ4n) is 4.14. The highest BCUT2D eigenvalue weighted by Crippen LogP contribution is 2.29. The van der Waals surface area contributed by atoms with Crippen LogP contribution in [0.5, 0.6) is 0 Å². The Morgan fingerprint density at radius 2 is 1.96 bits per heavy atom. The zero-order valence-corrected chi connectivity index (χ0v) is 15.0. The van der Waals surface area contributed by atoms with Gasteiger partial charge in [-0.15, -0.1) is 0 Å². The van der Waals surface area contributed by atoms with Crippen LogP contribution in [0.15, 0.2) is 36.4 Å². The molecular weight excluding hydrogens is 328 g/mol. The molecule has 1 amide bonds. The predicted molar refractivity (Wildman–Crippen MR) is 97.9 cm³/mol. The molecule has 2 aromatic rings. The largest absolute Gasteiger partial charge is 0.335 e. The number of carbonyl (C=O) groups excluding carboxylic acids is 2. The fraction of sp³-hybridized carbons (Fsp3) is 0.450. The second-order valence-corrected chi connectivity index (χ2v) is 7.45. The molecule has 0 unspecified atom stereocenters. The van der Waals surface area contributed by atoms with Crippen LogP contribution in [0.1, 0.15) is 46.3 Å². The number of aromatic nitrogens is 2. The lowest BCUT2D eigenvalue weighted by atomic mass is 9.94. The number of carbonyl (C=O) groups is 2. The van der Waals surface area contributed by atoms with E-state index in [0.717, 1.165) is 32.6 Å². The summed E-state index contributed by atoms with van der Waals surface area (Å²) >= 11 is 0. The normalized spacial score (nSPS) is 23.0. The van der Waals surface area contributed by atoms with Gasteiger partial charge >= 0.3 is 0 Å². The van der Waals surface area contributed by atoms with Crippen molar-refractivity contribution in [2.75, 3.05) is 19.6 Å². The van der Waals surface area contributed by atoms with Crippen molar-refractivity contribution in [1.29, 1.82) is 0 Å². The first kappa shape index (κ1) is 17.0. The number of nitrogens with one attached hydrogen (secondary N) is 1. The lowest BCUT2D eigenvalue weighted by Crippen LogP contribution is -2.43. The minimum Gasteiger partial charge on any atom is -0.335 e. The van der Waals surface area contributed by atoms with Crippen LogP contribution in [0.25, 0.3) is 0 Å². The second kappa shape index (κ2) is 7.03. The Bertz CT molecular complexity index is 801. The molecule has 3 aliphatic heterocycles. The molecule has 5 rings (SSSR count). The number of Topliss-reactive ketones (excluding diaryl/α,β-unsaturated/α-hetero) is 1. The van der Waals surface area contributed by atoms with Gasteiger partial charge in [-0.25, -0.2) is 0 Å². The molecular formula is C20H24N4O2. The number of ketones is 1. The highest BCUT2D eigenvalue weighted by atomic mass is 16.2. The standard InChI is InChI=1S/C20H24N4O2/c1-14(25)18-9-19(22-21-18)20(26)24-12-16-7-8-17(13-24)23(11-16)10-15-5-3-2-4-6-15/h2-6,9,16-17H,7-8,10-13H2,1H3,(H,21,22)/t16-,17-/m1/s1. The maximum atomic E-state index is 12.9. The first-order chi connectivity index (χ1) is 12.6. The first-order valence-corrected chi connectivity index (χ1v) is 9.24. The SMILES string of the molecule is CC(=O)c1cc(C(=O)N2C[C@@H]3CC[C@H](C2)N(Cc2ccccc2)C3)[nH]n1. The number of fused-ring (bicyclic) bond motifs is 4. The van der Waals surface area contributed by atoms with Gasteiger partial charge in [-0.05, 0) is 30.4 Å². The Labute approximate surface area is 153 Å². The van der Waals surface area contributed by atoms with Crippen molar-refractivity contribution in [1.82, 2.24) is 20.0 Å². The van der Waals surface area contributed by atoms with E-state index in [1.54, 1.807) is 6.07 Å². The third kappa shape index (κ3) is 3.42. The van der Waals surface area contributed by atoms with Crippen LogP contribution in [0.4, 0.5) is 0 Å². The molecule has 136 valence electrons. The van der Waals surface area contributed by atoms with Crippen molar-refractivity contribution >= 4 is 11.7 Å². The fourth-order valence-corrected chi connectivity index (χ4v) is 4.14. The smallest absolute Gasteiger partial charge is 0.271 e. The topological polar surface area (TPSA) is 69.3 Å². The predicted octanol–water partition coefficient (Wildman–Crippen LogP) is 2.35. The Hall–Kier alpha value is -2.47. The molecule has 3 aliphatic rings. The van der Waals surface area contributed by atoms with Gasteiger partial charge in [0.25, 0.3) is 5.91 Å². The Morgan fingerprint density at radius 1 is 1.15 bits per heavy atom. The quantitative estimate of drug-likeness (QED) is 0.858. The molecule has 0 aliphatic carbocycles. The number of piperidine rings is 1. The molecule has 26 heavy (non-hydrogen) atoms. The molecule has 2 bridgehead atoms. The van der Waals surface area contributed by atoms with E-state index in [0.29, 0.717) is 23.3 Å². The van der Waals surface area contributed by atoms with Gasteiger partial charge in [-0.2, -0.15) is 5.10 Å². The van der Waals surface area contributed by atoms with Gasteiger partial charge in [0, 0.05) is 39.1 Å². The summed E-state index contributed by atoms with van der Waals surface area (Å²) in [5.74, 6) is 0.311. The van der Waals surface area contributed by atoms with E-state index in [2.05, 4.69) is 39.4 Å². The molecule has 3 fully saturated rings. The Morgan fingerprint density at radius 3 is 2.69 bits per heavy atom. The van der Waals surface area contributed by atoms with Crippen LogP contribution < -0.4 is 0 Å². The minimum atomic E-state index is -0.134. The maximum absolute atomic E-state index is 12.9. The van der Waals surface area contributed by atoms with Gasteiger partial charge in [0.15, 0.2) is 5.78 Å². The molecule has 1 aromatic heterocycles. The summed E-state index contributed by atoms with van der Waals surface area (Å²) in [5, 5.41) is 6.68. The summed E-state index contributed by atoms with van der Waals surface area (Å²) in [7, 11) is 0. The van der Waals surface area contributed by atoms with Crippen LogP contribution in [0.3, 0.4) is 0 Å². The van der Waals surface area contributed by atoms with E-state index in [9.17, 15) is 9.59 Å². The van der Waals surface area contributed by atoms with Crippen molar-refractivity contribution in [2.24, 2.45) is 5.92 Å². The highest BCUT2D eigenvalue weighted by Gasteiger charge is 2.37. The molecule has 3 saturated heterocycles. The van der Waals surface area contributed by atoms with E-state index >= 15 is 0 Å². The summed E-state index contributed by atoms with van der Waals surface area (Å²) in [6, 6.07) is 12.5. The molecule has 4 heterocycles. The lowest BCUT2D eigenvalue weighted by Gasteiger charge is -2.36. The number of hydrogen-bond acceptors (Lipinski definition) is 4. The summed E-state index contributed by atoms with van der Waals surface area (Å²) in [5.41, 5.74) is 2.04. The monoisotopic (exact) mass is 352 g/mol. The summed E-state index contributed by atoms with van der Waals surface area (Å²) in [6.07, 6.45) is 2.30. The molecule has 2 atom stereocenters. The second-order valence-electron chi connectivity index (χ2n) is 7.45. The van der Waals surface area contributed by atoms with E-state index in [1.165, 1.54) is 18.9 Å². The van der Waals surface area contributed by atoms with Crippen molar-refractivity contribution in [2.45, 2.75) is 32.4 Å². The summed E-state index contributed by atoms with van der Waals surface area (Å²) in [6.45, 7) is 4.93. The summed E-state index contributed by atoms with van der Waals surface area (Å²) in [4.78, 5) is 28.8. The van der Waals surface area contributed by atoms with Crippen LogP contribution in [0, 0.1) is 5.92 Å². The third-order valence-corrected chi connectivity index (χ3v) is 5.51. The number of nitrogens with zero attached hydrogens (tertiary/aromatic N) is 3. The Balaban J connectivity index is 1.48. The average molecular weight is 352 g/mol. The average Bonchev–Trinajstić information content (AvgIpc) is 2.97. The number of rotatable bonds is 4. The zero-order valence-electron chi connectivity index (χ0n) is 15.0. The lowest BCUT2D eigenvalue weighted by molar-refractivity contribution is 0.0730. The van der Waals surface area contributed by atoms with E-state index in [1.807, 2.05) is 11.0 Å². The molecule has 1 aromatic carbocycles. The van der Waals surface area contributed by atoms with Crippen LogP contribution >= 0.6 is 0 Å². The van der Waals surface area contributed by atoms with Crippen LogP contribution in [0.2, 0.25) is 0 Å².